The maximum Gasteiger partial charge on any atom is 0.205 e. The van der Waals surface area contributed by atoms with Gasteiger partial charge in [-0.05, 0) is 0 Å². The van der Waals surface area contributed by atoms with Crippen molar-refractivity contribution in [2.24, 2.45) is 5.73 Å². The third kappa shape index (κ3) is 6.55. The second-order valence-electron chi connectivity index (χ2n) is 2.04. The lowest BCUT2D eigenvalue weighted by atomic mass is 10.3. The van der Waals surface area contributed by atoms with Gasteiger partial charge in [0.15, 0.2) is 8.38 Å². The van der Waals surface area contributed by atoms with Gasteiger partial charge in [-0.2, -0.15) is 0 Å². The van der Waals surface area contributed by atoms with Crippen LogP contribution in [0.15, 0.2) is 0 Å². The molecule has 0 aliphatic rings. The van der Waals surface area contributed by atoms with Gasteiger partial charge in [-0.15, -0.1) is 0 Å². The van der Waals surface area contributed by atoms with Crippen molar-refractivity contribution in [1.29, 1.82) is 0 Å². The van der Waals surface area contributed by atoms with Crippen LogP contribution in [0.2, 0.25) is 0 Å². The van der Waals surface area contributed by atoms with Gasteiger partial charge in [0.1, 0.15) is 6.35 Å². The van der Waals surface area contributed by atoms with Crippen LogP contribution in [0.5, 0.6) is 0 Å². The van der Waals surface area contributed by atoms with Crippen LogP contribution >= 0.6 is 8.38 Å². The van der Waals surface area contributed by atoms with Crippen LogP contribution in [0, 0.1) is 0 Å². The zero-order valence-electron chi connectivity index (χ0n) is 5.77. The number of aliphatic hydroxyl groups is 1. The minimum absolute atomic E-state index is 0.363. The summed E-state index contributed by atoms with van der Waals surface area (Å²) in [7, 11) is -2.18. The molecule has 7 heteroatoms. The Morgan fingerprint density at radius 2 is 2.09 bits per heavy atom. The minimum Gasteiger partial charge on any atom is -0.392 e. The molecule has 1 unspecified atom stereocenters. The largest absolute Gasteiger partial charge is 0.392 e. The van der Waals surface area contributed by atoms with Crippen LogP contribution in [-0.2, 0) is 4.74 Å². The highest BCUT2D eigenvalue weighted by molar-refractivity contribution is 7.44. The molecule has 11 heavy (non-hydrogen) atoms. The Morgan fingerprint density at radius 1 is 1.55 bits per heavy atom. The summed E-state index contributed by atoms with van der Waals surface area (Å²) in [6.45, 7) is -1.41. The van der Waals surface area contributed by atoms with Crippen molar-refractivity contribution in [3.05, 3.63) is 0 Å². The fourth-order valence-electron chi connectivity index (χ4n) is 0.343. The average Bonchev–Trinajstić information content (AvgIpc) is 1.87. The molecule has 5 N–H and O–H groups in total. The van der Waals surface area contributed by atoms with Gasteiger partial charge in [0.05, 0.1) is 13.2 Å². The summed E-state index contributed by atoms with van der Waals surface area (Å²) in [6.07, 6.45) is -0.363. The monoisotopic (exact) mass is 187 g/mol. The predicted molar refractivity (Wildman–Crippen MR) is 37.3 cm³/mol. The molecule has 0 aromatic rings. The van der Waals surface area contributed by atoms with Gasteiger partial charge in [-0.25, -0.2) is 4.39 Å². The number of nitrogens with two attached hydrogens (primary N) is 1. The topological polar surface area (TPSA) is 95.9 Å². The zero-order chi connectivity index (χ0) is 8.91. The van der Waals surface area contributed by atoms with Crippen molar-refractivity contribution in [1.82, 2.24) is 0 Å². The molecule has 0 bridgehead atoms. The van der Waals surface area contributed by atoms with Gasteiger partial charge in [0, 0.05) is 0 Å². The molecule has 0 rings (SSSR count). The average molecular weight is 187 g/mol. The van der Waals surface area contributed by atoms with Gasteiger partial charge in [0.25, 0.3) is 0 Å². The van der Waals surface area contributed by atoms with Crippen LogP contribution < -0.4 is 5.73 Å². The molecular weight excluding hydrogens is 176 g/mol. The van der Waals surface area contributed by atoms with Crippen molar-refractivity contribution < 1.29 is 24.0 Å². The smallest absolute Gasteiger partial charge is 0.205 e. The fraction of sp³-hybridized carbons (Fsp3) is 1.00. The fourth-order valence-corrected chi connectivity index (χ4v) is 0.597. The summed E-state index contributed by atoms with van der Waals surface area (Å²) in [6, 6.07) is 0. The molecule has 0 radical (unpaired) electrons. The van der Waals surface area contributed by atoms with Crippen molar-refractivity contribution in [3.8, 4) is 0 Å². The van der Waals surface area contributed by atoms with E-state index < -0.39 is 27.4 Å². The third-order valence-electron chi connectivity index (χ3n) is 0.812. The Labute approximate surface area is 64.5 Å². The zero-order valence-corrected chi connectivity index (χ0v) is 6.67. The molecule has 0 aromatic carbocycles. The Morgan fingerprint density at radius 3 is 2.45 bits per heavy atom. The van der Waals surface area contributed by atoms with E-state index in [0.29, 0.717) is 0 Å². The van der Waals surface area contributed by atoms with Crippen LogP contribution in [0.25, 0.3) is 0 Å². The third-order valence-corrected chi connectivity index (χ3v) is 1.23. The molecule has 0 saturated carbocycles. The lowest BCUT2D eigenvalue weighted by molar-refractivity contribution is -0.00519. The van der Waals surface area contributed by atoms with Crippen molar-refractivity contribution in [3.63, 3.8) is 0 Å². The Balaban J connectivity index is 3.38. The number of halogens is 1. The van der Waals surface area contributed by atoms with Crippen LogP contribution in [0.4, 0.5) is 4.39 Å². The number of hydrogen-bond donors (Lipinski definition) is 4. The van der Waals surface area contributed by atoms with Gasteiger partial charge >= 0.3 is 0 Å². The second kappa shape index (κ2) is 4.92. The number of hydrogen-bond acceptors (Lipinski definition) is 5. The molecule has 0 fully saturated rings. The molecule has 1 atom stereocenters. The maximum atomic E-state index is 12.5. The van der Waals surface area contributed by atoms with E-state index in [2.05, 4.69) is 4.74 Å². The SMILES string of the molecule is NC(F)(CO)COCP(O)O. The minimum atomic E-state index is -2.30. The number of alkyl halides is 1. The van der Waals surface area contributed by atoms with Gasteiger partial charge in [-0.1, -0.05) is 0 Å². The highest BCUT2D eigenvalue weighted by Crippen LogP contribution is 2.22. The molecule has 0 aromatic heterocycles. The molecule has 0 aliphatic carbocycles. The summed E-state index contributed by atoms with van der Waals surface area (Å²) < 4.78 is 16.9. The lowest BCUT2D eigenvalue weighted by Crippen LogP contribution is -2.43. The first-order valence-corrected chi connectivity index (χ1v) is 4.23. The van der Waals surface area contributed by atoms with Crippen LogP contribution in [-0.4, -0.2) is 40.2 Å². The van der Waals surface area contributed by atoms with Crippen LogP contribution in [0.3, 0.4) is 0 Å². The molecule has 5 nitrogen and oxygen atoms in total. The van der Waals surface area contributed by atoms with E-state index in [1.807, 2.05) is 0 Å². The Bertz CT molecular complexity index is 112. The van der Waals surface area contributed by atoms with E-state index in [1.54, 1.807) is 0 Å². The van der Waals surface area contributed by atoms with Gasteiger partial charge < -0.3 is 19.6 Å². The molecule has 0 amide bonds. The van der Waals surface area contributed by atoms with E-state index in [-0.39, 0.29) is 6.35 Å². The second-order valence-corrected chi connectivity index (χ2v) is 3.05. The summed E-state index contributed by atoms with van der Waals surface area (Å²) in [5.74, 6) is -2.30. The number of ether oxygens (including phenoxy) is 1. The maximum absolute atomic E-state index is 12.5. The first-order chi connectivity index (χ1) is 4.98. The quantitative estimate of drug-likeness (QED) is 0.323. The number of rotatable bonds is 5. The molecule has 0 saturated heterocycles. The Kier molecular flexibility index (Phi) is 4.99. The van der Waals surface area contributed by atoms with Crippen molar-refractivity contribution in [2.75, 3.05) is 19.6 Å². The summed E-state index contributed by atoms with van der Waals surface area (Å²) in [4.78, 5) is 16.6. The lowest BCUT2D eigenvalue weighted by Gasteiger charge is -2.16. The number of aliphatic hydroxyl groups excluding tert-OH is 1. The summed E-state index contributed by atoms with van der Waals surface area (Å²) >= 11 is 0. The van der Waals surface area contributed by atoms with Crippen molar-refractivity contribution in [2.45, 2.75) is 5.79 Å². The van der Waals surface area contributed by atoms with E-state index in [1.165, 1.54) is 0 Å². The summed E-state index contributed by atoms with van der Waals surface area (Å²) in [5.41, 5.74) is 4.80. The highest BCUT2D eigenvalue weighted by Gasteiger charge is 2.22. The first-order valence-electron chi connectivity index (χ1n) is 2.79. The molecule has 68 valence electrons. The normalized spacial score (nSPS) is 16.9. The van der Waals surface area contributed by atoms with E-state index in [0.717, 1.165) is 0 Å². The van der Waals surface area contributed by atoms with E-state index >= 15 is 0 Å². The van der Waals surface area contributed by atoms with Gasteiger partial charge in [-0.3, -0.25) is 5.73 Å². The molecule has 0 spiro atoms. The van der Waals surface area contributed by atoms with Crippen LogP contribution in [0.1, 0.15) is 0 Å². The molecular formula is C4H11FNO4P. The highest BCUT2D eigenvalue weighted by atomic mass is 31.2. The van der Waals surface area contributed by atoms with E-state index in [9.17, 15) is 4.39 Å². The predicted octanol–water partition coefficient (Wildman–Crippen LogP) is -1.13. The standard InChI is InChI=1S/C4H11FNO4P/c5-4(6,1-7)2-10-3-11(8)9/h7-9H,1-3,6H2. The van der Waals surface area contributed by atoms with Crippen molar-refractivity contribution >= 4 is 8.38 Å². The first kappa shape index (κ1) is 11.2. The summed E-state index contributed by atoms with van der Waals surface area (Å²) in [5, 5.41) is 8.26. The Hall–Kier alpha value is 0.160. The van der Waals surface area contributed by atoms with Gasteiger partial charge in [0.2, 0.25) is 5.79 Å². The molecule has 0 heterocycles. The van der Waals surface area contributed by atoms with E-state index in [4.69, 9.17) is 20.6 Å². The molecule has 0 aliphatic heterocycles.